The summed E-state index contributed by atoms with van der Waals surface area (Å²) in [6, 6.07) is 1.17. The van der Waals surface area contributed by atoms with Crippen molar-refractivity contribution in [1.29, 1.82) is 0 Å². The maximum Gasteiger partial charge on any atom is 0.0474 e. The predicted molar refractivity (Wildman–Crippen MR) is 61.5 cm³/mol. The van der Waals surface area contributed by atoms with Crippen molar-refractivity contribution in [2.45, 2.75) is 50.6 Å². The molecule has 4 N–H and O–H groups in total. The summed E-state index contributed by atoms with van der Waals surface area (Å²) in [4.78, 5) is 0. The minimum absolute atomic E-state index is 0.345. The molecule has 0 spiro atoms. The fourth-order valence-electron chi connectivity index (χ4n) is 3.29. The van der Waals surface area contributed by atoms with Gasteiger partial charge in [0.2, 0.25) is 0 Å². The van der Waals surface area contributed by atoms with Crippen LogP contribution in [-0.4, -0.2) is 30.3 Å². The molecular weight excluding hydrogens is 188 g/mol. The third-order valence-electron chi connectivity index (χ3n) is 4.28. The number of aliphatic hydroxyl groups is 1. The minimum atomic E-state index is 0.345. The summed E-state index contributed by atoms with van der Waals surface area (Å²) < 4.78 is 0. The Morgan fingerprint density at radius 2 is 1.60 bits per heavy atom. The summed E-state index contributed by atoms with van der Waals surface area (Å²) >= 11 is 0. The van der Waals surface area contributed by atoms with Gasteiger partial charge in [-0.15, -0.1) is 0 Å². The minimum Gasteiger partial charge on any atom is -0.396 e. The third kappa shape index (κ3) is 2.52. The van der Waals surface area contributed by atoms with E-state index in [1.807, 2.05) is 0 Å². The van der Waals surface area contributed by atoms with Gasteiger partial charge >= 0.3 is 0 Å². The number of hydrogen-bond acceptors (Lipinski definition) is 3. The van der Waals surface area contributed by atoms with Crippen LogP contribution in [0.2, 0.25) is 0 Å². The lowest BCUT2D eigenvalue weighted by atomic mass is 9.99. The van der Waals surface area contributed by atoms with Crippen molar-refractivity contribution in [1.82, 2.24) is 5.32 Å². The molecule has 0 bridgehead atoms. The normalized spacial score (nSPS) is 41.2. The van der Waals surface area contributed by atoms with Crippen molar-refractivity contribution in [2.75, 3.05) is 13.2 Å². The zero-order valence-electron chi connectivity index (χ0n) is 9.49. The van der Waals surface area contributed by atoms with Crippen LogP contribution in [0.4, 0.5) is 0 Å². The first-order chi connectivity index (χ1) is 7.35. The van der Waals surface area contributed by atoms with Crippen molar-refractivity contribution in [3.05, 3.63) is 0 Å². The maximum atomic E-state index is 9.27. The summed E-state index contributed by atoms with van der Waals surface area (Å²) in [5.74, 6) is 1.16. The number of rotatable bonds is 4. The van der Waals surface area contributed by atoms with E-state index in [2.05, 4.69) is 5.32 Å². The smallest absolute Gasteiger partial charge is 0.0474 e. The highest BCUT2D eigenvalue weighted by molar-refractivity contribution is 4.90. The molecule has 0 saturated heterocycles. The van der Waals surface area contributed by atoms with E-state index in [9.17, 15) is 5.11 Å². The Balaban J connectivity index is 1.84. The molecule has 4 unspecified atom stereocenters. The van der Waals surface area contributed by atoms with Crippen LogP contribution in [0.1, 0.15) is 38.5 Å². The molecule has 0 aliphatic heterocycles. The quantitative estimate of drug-likeness (QED) is 0.648. The first-order valence-electron chi connectivity index (χ1n) is 6.42. The van der Waals surface area contributed by atoms with Crippen LogP contribution in [-0.2, 0) is 0 Å². The molecule has 2 rings (SSSR count). The molecule has 2 fully saturated rings. The van der Waals surface area contributed by atoms with Crippen LogP contribution >= 0.6 is 0 Å². The van der Waals surface area contributed by atoms with Crippen molar-refractivity contribution in [2.24, 2.45) is 17.6 Å². The second-order valence-electron chi connectivity index (χ2n) is 5.18. The lowest BCUT2D eigenvalue weighted by Gasteiger charge is -2.27. The van der Waals surface area contributed by atoms with E-state index in [-0.39, 0.29) is 0 Å². The van der Waals surface area contributed by atoms with Crippen LogP contribution in [0.25, 0.3) is 0 Å². The summed E-state index contributed by atoms with van der Waals surface area (Å²) in [6.45, 7) is 1.16. The average Bonchev–Trinajstić information content (AvgIpc) is 2.87. The molecule has 0 heterocycles. The molecule has 0 amide bonds. The van der Waals surface area contributed by atoms with E-state index in [1.54, 1.807) is 0 Å². The fraction of sp³-hybridized carbons (Fsp3) is 1.00. The zero-order valence-corrected chi connectivity index (χ0v) is 9.49. The second-order valence-corrected chi connectivity index (χ2v) is 5.18. The summed E-state index contributed by atoms with van der Waals surface area (Å²) in [5, 5.41) is 13.0. The van der Waals surface area contributed by atoms with Crippen LogP contribution in [0.5, 0.6) is 0 Å². The molecular formula is C12H24N2O. The zero-order chi connectivity index (χ0) is 10.7. The van der Waals surface area contributed by atoms with E-state index in [0.29, 0.717) is 30.5 Å². The van der Waals surface area contributed by atoms with Gasteiger partial charge in [0.25, 0.3) is 0 Å². The first-order valence-corrected chi connectivity index (χ1v) is 6.42. The molecule has 3 heteroatoms. The Bertz CT molecular complexity index is 178. The summed E-state index contributed by atoms with van der Waals surface area (Å²) in [6.07, 6.45) is 7.56. The molecule has 3 nitrogen and oxygen atoms in total. The van der Waals surface area contributed by atoms with Crippen LogP contribution in [0.3, 0.4) is 0 Å². The Kier molecular flexibility index (Phi) is 4.00. The Labute approximate surface area is 92.4 Å². The molecule has 15 heavy (non-hydrogen) atoms. The molecule has 2 aliphatic carbocycles. The largest absolute Gasteiger partial charge is 0.396 e. The maximum absolute atomic E-state index is 9.27. The summed E-state index contributed by atoms with van der Waals surface area (Å²) in [7, 11) is 0. The SMILES string of the molecule is NCC1CCCC1NC1CCCC1CO. The first kappa shape index (κ1) is 11.4. The molecule has 4 atom stereocenters. The third-order valence-corrected chi connectivity index (χ3v) is 4.28. The van der Waals surface area contributed by atoms with Gasteiger partial charge in [-0.3, -0.25) is 0 Å². The van der Waals surface area contributed by atoms with Gasteiger partial charge in [0.05, 0.1) is 0 Å². The van der Waals surface area contributed by atoms with Crippen molar-refractivity contribution >= 4 is 0 Å². The van der Waals surface area contributed by atoms with Gasteiger partial charge in [-0.1, -0.05) is 12.8 Å². The van der Waals surface area contributed by atoms with Gasteiger partial charge in [0, 0.05) is 18.7 Å². The Morgan fingerprint density at radius 1 is 1.00 bits per heavy atom. The van der Waals surface area contributed by atoms with E-state index in [0.717, 1.165) is 6.54 Å². The summed E-state index contributed by atoms with van der Waals surface area (Å²) in [5.41, 5.74) is 5.78. The van der Waals surface area contributed by atoms with E-state index in [4.69, 9.17) is 5.73 Å². The highest BCUT2D eigenvalue weighted by Gasteiger charge is 2.32. The van der Waals surface area contributed by atoms with Crippen molar-refractivity contribution in [3.63, 3.8) is 0 Å². The molecule has 0 radical (unpaired) electrons. The fourth-order valence-corrected chi connectivity index (χ4v) is 3.29. The van der Waals surface area contributed by atoms with Gasteiger partial charge in [-0.25, -0.2) is 0 Å². The molecule has 0 aromatic carbocycles. The van der Waals surface area contributed by atoms with Crippen LogP contribution in [0.15, 0.2) is 0 Å². The standard InChI is InChI=1S/C12H24N2O/c13-7-9-3-1-5-11(9)14-12-6-2-4-10(12)8-15/h9-12,14-15H,1-8,13H2. The Hall–Kier alpha value is -0.120. The monoisotopic (exact) mass is 212 g/mol. The van der Waals surface area contributed by atoms with E-state index < -0.39 is 0 Å². The van der Waals surface area contributed by atoms with Crippen molar-refractivity contribution in [3.8, 4) is 0 Å². The Morgan fingerprint density at radius 3 is 2.20 bits per heavy atom. The predicted octanol–water partition coefficient (Wildman–Crippen LogP) is 0.864. The molecule has 2 saturated carbocycles. The van der Waals surface area contributed by atoms with Crippen molar-refractivity contribution < 1.29 is 5.11 Å². The van der Waals surface area contributed by atoms with Crippen LogP contribution in [0, 0.1) is 11.8 Å². The molecule has 2 aliphatic rings. The topological polar surface area (TPSA) is 58.3 Å². The number of nitrogens with one attached hydrogen (secondary N) is 1. The van der Waals surface area contributed by atoms with E-state index in [1.165, 1.54) is 38.5 Å². The van der Waals surface area contributed by atoms with E-state index >= 15 is 0 Å². The van der Waals surface area contributed by atoms with Gasteiger partial charge in [-0.05, 0) is 44.1 Å². The molecule has 88 valence electrons. The second kappa shape index (κ2) is 5.28. The van der Waals surface area contributed by atoms with Gasteiger partial charge in [0.1, 0.15) is 0 Å². The lowest BCUT2D eigenvalue weighted by molar-refractivity contribution is 0.194. The van der Waals surface area contributed by atoms with Gasteiger partial charge in [-0.2, -0.15) is 0 Å². The van der Waals surface area contributed by atoms with Gasteiger partial charge < -0.3 is 16.2 Å². The molecule has 0 aromatic rings. The lowest BCUT2D eigenvalue weighted by Crippen LogP contribution is -2.44. The van der Waals surface area contributed by atoms with Gasteiger partial charge in [0.15, 0.2) is 0 Å². The highest BCUT2D eigenvalue weighted by Crippen LogP contribution is 2.30. The highest BCUT2D eigenvalue weighted by atomic mass is 16.3. The average molecular weight is 212 g/mol. The van der Waals surface area contributed by atoms with Crippen LogP contribution < -0.4 is 11.1 Å². The molecule has 0 aromatic heterocycles. The number of aliphatic hydroxyl groups excluding tert-OH is 1. The number of nitrogens with two attached hydrogens (primary N) is 1. The number of hydrogen-bond donors (Lipinski definition) is 3.